The molecule has 0 aliphatic carbocycles. The van der Waals surface area contributed by atoms with Crippen molar-refractivity contribution in [3.8, 4) is 22.6 Å². The number of benzene rings is 3. The second-order valence-corrected chi connectivity index (χ2v) is 8.42. The number of fused-ring (bicyclic) bond motifs is 1. The maximum Gasteiger partial charge on any atom is 0.244 e. The molecule has 0 aliphatic rings. The highest BCUT2D eigenvalue weighted by Gasteiger charge is 2.19. The molecule has 4 aromatic rings. The van der Waals surface area contributed by atoms with Gasteiger partial charge in [0.05, 0.1) is 20.0 Å². The van der Waals surface area contributed by atoms with E-state index >= 15 is 0 Å². The van der Waals surface area contributed by atoms with Gasteiger partial charge in [0.1, 0.15) is 17.1 Å². The third-order valence-electron chi connectivity index (χ3n) is 6.05. The van der Waals surface area contributed by atoms with Crippen LogP contribution in [-0.4, -0.2) is 26.2 Å². The lowest BCUT2D eigenvalue weighted by Crippen LogP contribution is -2.23. The molecule has 3 aromatic carbocycles. The van der Waals surface area contributed by atoms with Gasteiger partial charge >= 0.3 is 0 Å². The van der Waals surface area contributed by atoms with E-state index in [-0.39, 0.29) is 5.91 Å². The minimum Gasteiger partial charge on any atom is -0.496 e. The monoisotopic (exact) mass is 469 g/mol. The number of aryl methyl sites for hydroxylation is 1. The van der Waals surface area contributed by atoms with Crippen molar-refractivity contribution in [3.05, 3.63) is 89.7 Å². The van der Waals surface area contributed by atoms with Gasteiger partial charge in [-0.3, -0.25) is 4.79 Å². The maximum absolute atomic E-state index is 12.6. The summed E-state index contributed by atoms with van der Waals surface area (Å²) in [5, 5.41) is 3.95. The number of nitrogens with one attached hydrogen (secondary N) is 1. The zero-order chi connectivity index (χ0) is 24.8. The van der Waals surface area contributed by atoms with Crippen molar-refractivity contribution in [2.24, 2.45) is 0 Å². The summed E-state index contributed by atoms with van der Waals surface area (Å²) < 4.78 is 17.3. The molecule has 5 heteroatoms. The third-order valence-corrected chi connectivity index (χ3v) is 6.05. The first-order chi connectivity index (χ1) is 17.0. The molecular weight excluding hydrogens is 438 g/mol. The minimum atomic E-state index is -0.128. The molecule has 35 heavy (non-hydrogen) atoms. The van der Waals surface area contributed by atoms with Crippen molar-refractivity contribution < 1.29 is 18.7 Å². The number of carbonyl (C=O) groups excluding carboxylic acids is 1. The fourth-order valence-corrected chi connectivity index (χ4v) is 4.29. The summed E-state index contributed by atoms with van der Waals surface area (Å²) in [6.45, 7) is 7.07. The van der Waals surface area contributed by atoms with Crippen molar-refractivity contribution in [2.45, 2.75) is 27.2 Å². The van der Waals surface area contributed by atoms with Crippen LogP contribution in [0.15, 0.2) is 77.4 Å². The minimum absolute atomic E-state index is 0.128. The Morgan fingerprint density at radius 2 is 1.83 bits per heavy atom. The summed E-state index contributed by atoms with van der Waals surface area (Å²) in [4.78, 5) is 12.6. The van der Waals surface area contributed by atoms with Gasteiger partial charge in [-0.25, -0.2) is 0 Å². The topological polar surface area (TPSA) is 60.7 Å². The van der Waals surface area contributed by atoms with E-state index in [2.05, 4.69) is 17.4 Å². The van der Waals surface area contributed by atoms with Crippen LogP contribution in [0, 0.1) is 6.92 Å². The number of carbonyl (C=O) groups is 1. The molecule has 1 aromatic heterocycles. The molecule has 0 atom stereocenters. The summed E-state index contributed by atoms with van der Waals surface area (Å²) in [5.41, 5.74) is 6.56. The Bertz CT molecular complexity index is 1330. The lowest BCUT2D eigenvalue weighted by atomic mass is 9.96. The normalized spacial score (nSPS) is 11.5. The fourth-order valence-electron chi connectivity index (χ4n) is 4.29. The number of hydrogen-bond acceptors (Lipinski definition) is 4. The van der Waals surface area contributed by atoms with Gasteiger partial charge < -0.3 is 19.2 Å². The molecule has 1 amide bonds. The predicted octanol–water partition coefficient (Wildman–Crippen LogP) is 6.58. The molecule has 0 radical (unpaired) electrons. The molecule has 180 valence electrons. The van der Waals surface area contributed by atoms with Crippen LogP contribution in [-0.2, 0) is 11.2 Å². The van der Waals surface area contributed by atoms with E-state index in [1.807, 2.05) is 69.3 Å². The number of allylic oxidation sites excluding steroid dienone is 1. The average molecular weight is 470 g/mol. The highest BCUT2D eigenvalue weighted by Crippen LogP contribution is 2.40. The van der Waals surface area contributed by atoms with Gasteiger partial charge in [0.2, 0.25) is 5.91 Å². The van der Waals surface area contributed by atoms with E-state index in [1.54, 1.807) is 19.4 Å². The Morgan fingerprint density at radius 3 is 2.51 bits per heavy atom. The van der Waals surface area contributed by atoms with Gasteiger partial charge in [0.15, 0.2) is 0 Å². The summed E-state index contributed by atoms with van der Waals surface area (Å²) in [7, 11) is 1.64. The Hall–Kier alpha value is -3.99. The highest BCUT2D eigenvalue weighted by molar-refractivity contribution is 6.01. The molecule has 4 rings (SSSR count). The van der Waals surface area contributed by atoms with Crippen molar-refractivity contribution in [1.29, 1.82) is 0 Å². The second-order valence-electron chi connectivity index (χ2n) is 8.42. The lowest BCUT2D eigenvalue weighted by molar-refractivity contribution is -0.116. The first kappa shape index (κ1) is 24.1. The Labute approximate surface area is 206 Å². The molecule has 0 fully saturated rings. The number of ether oxygens (including phenoxy) is 2. The standard InChI is InChI=1S/C30H31NO4/c1-5-34-24-13-11-23(12-14-24)27-19-35-30-21(3)29(33-4)25(18-26(27)30)20(2)17-28(32)31-16-15-22-9-7-6-8-10-22/h6-14,17-19H,5,15-16H2,1-4H3,(H,31,32)/b20-17+. The van der Waals surface area contributed by atoms with E-state index in [0.717, 1.165) is 51.0 Å². The van der Waals surface area contributed by atoms with Crippen LogP contribution >= 0.6 is 0 Å². The third kappa shape index (κ3) is 5.40. The second kappa shape index (κ2) is 11.0. The quantitative estimate of drug-likeness (QED) is 0.281. The van der Waals surface area contributed by atoms with E-state index < -0.39 is 0 Å². The zero-order valence-corrected chi connectivity index (χ0v) is 20.7. The van der Waals surface area contributed by atoms with Gasteiger partial charge in [-0.15, -0.1) is 0 Å². The maximum atomic E-state index is 12.6. The smallest absolute Gasteiger partial charge is 0.244 e. The van der Waals surface area contributed by atoms with Crippen molar-refractivity contribution in [2.75, 3.05) is 20.3 Å². The van der Waals surface area contributed by atoms with Crippen molar-refractivity contribution in [1.82, 2.24) is 5.32 Å². The largest absolute Gasteiger partial charge is 0.496 e. The van der Waals surface area contributed by atoms with Crippen LogP contribution in [0.25, 0.3) is 27.7 Å². The number of furan rings is 1. The predicted molar refractivity (Wildman–Crippen MR) is 141 cm³/mol. The summed E-state index contributed by atoms with van der Waals surface area (Å²) >= 11 is 0. The number of rotatable bonds is 9. The highest BCUT2D eigenvalue weighted by atomic mass is 16.5. The molecule has 1 heterocycles. The van der Waals surface area contributed by atoms with Gasteiger partial charge in [-0.05, 0) is 62.1 Å². The first-order valence-electron chi connectivity index (χ1n) is 11.8. The summed E-state index contributed by atoms with van der Waals surface area (Å²) in [6, 6.07) is 20.1. The summed E-state index contributed by atoms with van der Waals surface area (Å²) in [6.07, 6.45) is 4.19. The molecule has 0 unspecified atom stereocenters. The van der Waals surface area contributed by atoms with Crippen LogP contribution in [0.5, 0.6) is 11.5 Å². The molecule has 5 nitrogen and oxygen atoms in total. The molecule has 1 N–H and O–H groups in total. The van der Waals surface area contributed by atoms with Crippen molar-refractivity contribution >= 4 is 22.4 Å². The average Bonchev–Trinajstić information content (AvgIpc) is 3.29. The molecule has 0 aliphatic heterocycles. The molecule has 0 saturated carbocycles. The van der Waals surface area contributed by atoms with E-state index in [4.69, 9.17) is 13.9 Å². The van der Waals surface area contributed by atoms with Crippen LogP contribution in [0.2, 0.25) is 0 Å². The van der Waals surface area contributed by atoms with Crippen LogP contribution in [0.4, 0.5) is 0 Å². The molecule has 0 spiro atoms. The summed E-state index contributed by atoms with van der Waals surface area (Å²) in [5.74, 6) is 1.41. The Morgan fingerprint density at radius 1 is 1.09 bits per heavy atom. The number of hydrogen-bond donors (Lipinski definition) is 1. The zero-order valence-electron chi connectivity index (χ0n) is 20.7. The number of methoxy groups -OCH3 is 1. The van der Waals surface area contributed by atoms with Crippen molar-refractivity contribution in [3.63, 3.8) is 0 Å². The Balaban J connectivity index is 1.61. The van der Waals surface area contributed by atoms with Crippen LogP contribution < -0.4 is 14.8 Å². The first-order valence-corrected chi connectivity index (χ1v) is 11.8. The van der Waals surface area contributed by atoms with Gasteiger partial charge in [-0.1, -0.05) is 42.5 Å². The molecule has 0 saturated heterocycles. The van der Waals surface area contributed by atoms with E-state index in [0.29, 0.717) is 18.9 Å². The van der Waals surface area contributed by atoms with Gasteiger partial charge in [-0.2, -0.15) is 0 Å². The molecule has 0 bridgehead atoms. The lowest BCUT2D eigenvalue weighted by Gasteiger charge is -2.13. The fraction of sp³-hybridized carbons (Fsp3) is 0.233. The van der Waals surface area contributed by atoms with Crippen LogP contribution in [0.3, 0.4) is 0 Å². The van der Waals surface area contributed by atoms with Crippen LogP contribution in [0.1, 0.15) is 30.5 Å². The van der Waals surface area contributed by atoms with Gasteiger partial charge in [0, 0.05) is 34.7 Å². The Kier molecular flexibility index (Phi) is 7.56. The van der Waals surface area contributed by atoms with Gasteiger partial charge in [0.25, 0.3) is 0 Å². The van der Waals surface area contributed by atoms with E-state index in [1.165, 1.54) is 5.56 Å². The molecular formula is C30H31NO4. The number of amides is 1. The van der Waals surface area contributed by atoms with E-state index in [9.17, 15) is 4.79 Å². The SMILES string of the molecule is CCOc1ccc(-c2coc3c(C)c(OC)c(/C(C)=C/C(=O)NCCc4ccccc4)cc23)cc1.